The van der Waals surface area contributed by atoms with Crippen LogP contribution >= 0.6 is 0 Å². The van der Waals surface area contributed by atoms with E-state index in [-0.39, 0.29) is 0 Å². The van der Waals surface area contributed by atoms with Gasteiger partial charge in [-0.25, -0.2) is 8.78 Å². The summed E-state index contributed by atoms with van der Waals surface area (Å²) in [6.45, 7) is 3.91. The molecule has 0 aromatic heterocycles. The van der Waals surface area contributed by atoms with Crippen molar-refractivity contribution in [3.63, 3.8) is 0 Å². The van der Waals surface area contributed by atoms with Gasteiger partial charge in [0, 0.05) is 6.42 Å². The van der Waals surface area contributed by atoms with Gasteiger partial charge in [-0.15, -0.1) is 0 Å². The second-order valence-corrected chi connectivity index (χ2v) is 4.98. The van der Waals surface area contributed by atoms with Crippen LogP contribution in [0.2, 0.25) is 0 Å². The zero-order valence-corrected chi connectivity index (χ0v) is 10.0. The van der Waals surface area contributed by atoms with E-state index in [9.17, 15) is 8.78 Å². The molecule has 1 unspecified atom stereocenters. The van der Waals surface area contributed by atoms with Crippen molar-refractivity contribution in [3.8, 4) is 0 Å². The summed E-state index contributed by atoms with van der Waals surface area (Å²) < 4.78 is 25.9. The second kappa shape index (κ2) is 4.70. The van der Waals surface area contributed by atoms with E-state index < -0.39 is 17.3 Å². The highest BCUT2D eigenvalue weighted by molar-refractivity contribution is 5.20. The van der Waals surface area contributed by atoms with E-state index >= 15 is 0 Å². The largest absolute Gasteiger partial charge is 0.313 e. The van der Waals surface area contributed by atoms with Gasteiger partial charge >= 0.3 is 0 Å². The molecule has 2 rings (SSSR count). The molecule has 1 aliphatic rings. The molecule has 1 aromatic carbocycles. The number of rotatable bonds is 3. The first kappa shape index (κ1) is 12.5. The van der Waals surface area contributed by atoms with Crippen LogP contribution in [0.25, 0.3) is 0 Å². The van der Waals surface area contributed by atoms with E-state index in [1.54, 1.807) is 6.07 Å². The van der Waals surface area contributed by atoms with Crippen molar-refractivity contribution in [3.05, 3.63) is 35.4 Å². The van der Waals surface area contributed by atoms with Gasteiger partial charge < -0.3 is 5.73 Å². The molecule has 0 bridgehead atoms. The first-order valence-electron chi connectivity index (χ1n) is 5.97. The van der Waals surface area contributed by atoms with E-state index in [2.05, 4.69) is 4.90 Å². The molecule has 4 heteroatoms. The summed E-state index contributed by atoms with van der Waals surface area (Å²) in [4.78, 5) is 2.20. The maximum absolute atomic E-state index is 13.1. The van der Waals surface area contributed by atoms with Crippen molar-refractivity contribution < 1.29 is 8.78 Å². The molecule has 0 aliphatic carbocycles. The Hall–Kier alpha value is -1.00. The van der Waals surface area contributed by atoms with E-state index in [0.29, 0.717) is 6.42 Å². The van der Waals surface area contributed by atoms with E-state index in [0.717, 1.165) is 37.6 Å². The lowest BCUT2D eigenvalue weighted by Crippen LogP contribution is -2.54. The molecule has 1 saturated heterocycles. The fourth-order valence-corrected chi connectivity index (χ4v) is 2.40. The van der Waals surface area contributed by atoms with Gasteiger partial charge in [-0.05, 0) is 50.6 Å². The first-order valence-corrected chi connectivity index (χ1v) is 5.97. The maximum atomic E-state index is 13.1. The monoisotopic (exact) mass is 240 g/mol. The normalized spacial score (nSPS) is 20.5. The van der Waals surface area contributed by atoms with Crippen LogP contribution in [-0.2, 0) is 6.42 Å². The molecule has 1 heterocycles. The summed E-state index contributed by atoms with van der Waals surface area (Å²) >= 11 is 0. The quantitative estimate of drug-likeness (QED) is 0.878. The molecule has 2 N–H and O–H groups in total. The minimum absolute atomic E-state index is 0.485. The Morgan fingerprint density at radius 3 is 2.47 bits per heavy atom. The lowest BCUT2D eigenvalue weighted by molar-refractivity contribution is 0.141. The third kappa shape index (κ3) is 2.82. The van der Waals surface area contributed by atoms with Crippen LogP contribution < -0.4 is 5.73 Å². The minimum Gasteiger partial charge on any atom is -0.313 e. The van der Waals surface area contributed by atoms with Crippen LogP contribution in [0.5, 0.6) is 0 Å². The first-order chi connectivity index (χ1) is 7.99. The molecule has 0 amide bonds. The zero-order chi connectivity index (χ0) is 12.5. The Bertz CT molecular complexity index is 398. The molecule has 0 saturated carbocycles. The standard InChI is InChI=1S/C13H18F2N2/c1-13(16,17-6-2-3-7-17)9-10-4-5-11(14)12(15)8-10/h4-5,8H,2-3,6-7,9,16H2,1H3. The SMILES string of the molecule is CC(N)(Cc1ccc(F)c(F)c1)N1CCCC1. The average molecular weight is 240 g/mol. The molecule has 1 aromatic rings. The number of likely N-dealkylation sites (tertiary alicyclic amines) is 1. The van der Waals surface area contributed by atoms with Crippen molar-refractivity contribution >= 4 is 0 Å². The van der Waals surface area contributed by atoms with Crippen molar-refractivity contribution in [2.45, 2.75) is 31.8 Å². The van der Waals surface area contributed by atoms with E-state index in [4.69, 9.17) is 5.73 Å². The molecule has 1 atom stereocenters. The van der Waals surface area contributed by atoms with Crippen molar-refractivity contribution in [1.82, 2.24) is 4.90 Å². The summed E-state index contributed by atoms with van der Waals surface area (Å²) in [6.07, 6.45) is 2.85. The number of benzene rings is 1. The van der Waals surface area contributed by atoms with Gasteiger partial charge in [0.25, 0.3) is 0 Å². The lowest BCUT2D eigenvalue weighted by Gasteiger charge is -2.35. The number of hydrogen-bond acceptors (Lipinski definition) is 2. The Kier molecular flexibility index (Phi) is 3.45. The highest BCUT2D eigenvalue weighted by Crippen LogP contribution is 2.21. The van der Waals surface area contributed by atoms with Gasteiger partial charge in [0.2, 0.25) is 0 Å². The molecule has 0 radical (unpaired) electrons. The second-order valence-electron chi connectivity index (χ2n) is 4.98. The third-order valence-electron chi connectivity index (χ3n) is 3.37. The van der Waals surface area contributed by atoms with Crippen molar-refractivity contribution in [2.75, 3.05) is 13.1 Å². The molecule has 1 fully saturated rings. The van der Waals surface area contributed by atoms with Crippen LogP contribution in [0.4, 0.5) is 8.78 Å². The molecule has 1 aliphatic heterocycles. The maximum Gasteiger partial charge on any atom is 0.159 e. The van der Waals surface area contributed by atoms with Gasteiger partial charge in [-0.1, -0.05) is 6.07 Å². The van der Waals surface area contributed by atoms with Gasteiger partial charge in [-0.2, -0.15) is 0 Å². The van der Waals surface area contributed by atoms with E-state index in [1.165, 1.54) is 6.07 Å². The third-order valence-corrected chi connectivity index (χ3v) is 3.37. The number of halogens is 2. The zero-order valence-electron chi connectivity index (χ0n) is 10.0. The van der Waals surface area contributed by atoms with Crippen molar-refractivity contribution in [1.29, 1.82) is 0 Å². The summed E-state index contributed by atoms with van der Waals surface area (Å²) in [5, 5.41) is 0. The minimum atomic E-state index is -0.811. The number of nitrogens with two attached hydrogens (primary N) is 1. The topological polar surface area (TPSA) is 29.3 Å². The fraction of sp³-hybridized carbons (Fsp3) is 0.538. The molecular formula is C13H18F2N2. The summed E-state index contributed by atoms with van der Waals surface area (Å²) in [5.41, 5.74) is 6.50. The molecule has 2 nitrogen and oxygen atoms in total. The van der Waals surface area contributed by atoms with Gasteiger partial charge in [0.15, 0.2) is 11.6 Å². The molecule has 0 spiro atoms. The average Bonchev–Trinajstić information content (AvgIpc) is 2.77. The Morgan fingerprint density at radius 1 is 1.24 bits per heavy atom. The van der Waals surface area contributed by atoms with Crippen LogP contribution in [0, 0.1) is 11.6 Å². The summed E-state index contributed by atoms with van der Waals surface area (Å²) in [5.74, 6) is -1.62. The Balaban J connectivity index is 2.10. The smallest absolute Gasteiger partial charge is 0.159 e. The number of nitrogens with zero attached hydrogens (tertiary/aromatic N) is 1. The summed E-state index contributed by atoms with van der Waals surface area (Å²) in [7, 11) is 0. The van der Waals surface area contributed by atoms with Gasteiger partial charge in [0.1, 0.15) is 0 Å². The Morgan fingerprint density at radius 2 is 1.88 bits per heavy atom. The molecule has 94 valence electrons. The highest BCUT2D eigenvalue weighted by atomic mass is 19.2. The van der Waals surface area contributed by atoms with E-state index in [1.807, 2.05) is 6.92 Å². The van der Waals surface area contributed by atoms with Crippen LogP contribution in [0.3, 0.4) is 0 Å². The van der Waals surface area contributed by atoms with Crippen LogP contribution in [-0.4, -0.2) is 23.7 Å². The lowest BCUT2D eigenvalue weighted by atomic mass is 10.0. The predicted octanol–water partition coefficient (Wildman–Crippen LogP) is 2.28. The van der Waals surface area contributed by atoms with Crippen LogP contribution in [0.15, 0.2) is 18.2 Å². The molecule has 17 heavy (non-hydrogen) atoms. The van der Waals surface area contributed by atoms with Gasteiger partial charge in [0.05, 0.1) is 5.66 Å². The Labute approximate surface area is 100 Å². The predicted molar refractivity (Wildman–Crippen MR) is 63.5 cm³/mol. The summed E-state index contributed by atoms with van der Waals surface area (Å²) in [6, 6.07) is 3.99. The molecular weight excluding hydrogens is 222 g/mol. The van der Waals surface area contributed by atoms with Crippen molar-refractivity contribution in [2.24, 2.45) is 5.73 Å². The van der Waals surface area contributed by atoms with Crippen LogP contribution in [0.1, 0.15) is 25.3 Å². The number of hydrogen-bond donors (Lipinski definition) is 1. The highest BCUT2D eigenvalue weighted by Gasteiger charge is 2.29. The fourth-order valence-electron chi connectivity index (χ4n) is 2.40. The van der Waals surface area contributed by atoms with Gasteiger partial charge in [-0.3, -0.25) is 4.90 Å².